The fourth-order valence-electron chi connectivity index (χ4n) is 1.44. The van der Waals surface area contributed by atoms with E-state index in [2.05, 4.69) is 0 Å². The normalized spacial score (nSPS) is 10.3. The molecule has 2 heteroatoms. The Kier molecular flexibility index (Phi) is 2.79. The first-order valence-corrected chi connectivity index (χ1v) is 4.75. The van der Waals surface area contributed by atoms with Crippen molar-refractivity contribution < 1.29 is 9.50 Å². The van der Waals surface area contributed by atoms with Gasteiger partial charge < -0.3 is 5.11 Å². The van der Waals surface area contributed by atoms with Crippen LogP contribution in [-0.4, -0.2) is 5.11 Å². The number of aliphatic hydroxyl groups is 1. The second-order valence-electron chi connectivity index (χ2n) is 3.36. The molecule has 0 atom stereocenters. The minimum absolute atomic E-state index is 0.0453. The van der Waals surface area contributed by atoms with Gasteiger partial charge in [0.15, 0.2) is 0 Å². The zero-order chi connectivity index (χ0) is 10.7. The van der Waals surface area contributed by atoms with Gasteiger partial charge in [-0.25, -0.2) is 4.39 Å². The van der Waals surface area contributed by atoms with Gasteiger partial charge in [-0.05, 0) is 28.8 Å². The van der Waals surface area contributed by atoms with Gasteiger partial charge in [0.25, 0.3) is 0 Å². The molecule has 2 rings (SSSR count). The fraction of sp³-hybridized carbons (Fsp3) is 0.0769. The zero-order valence-electron chi connectivity index (χ0n) is 8.15. The minimum Gasteiger partial charge on any atom is -0.392 e. The van der Waals surface area contributed by atoms with Crippen molar-refractivity contribution in [1.29, 1.82) is 0 Å². The van der Waals surface area contributed by atoms with Crippen LogP contribution in [0.1, 0.15) is 5.56 Å². The molecule has 0 spiro atoms. The van der Waals surface area contributed by atoms with E-state index in [1.807, 2.05) is 24.3 Å². The van der Waals surface area contributed by atoms with Gasteiger partial charge in [0.2, 0.25) is 0 Å². The second-order valence-corrected chi connectivity index (χ2v) is 3.36. The Morgan fingerprint density at radius 2 is 1.27 bits per heavy atom. The molecule has 0 unspecified atom stereocenters. The molecule has 0 saturated carbocycles. The number of aliphatic hydroxyl groups excluding tert-OH is 1. The van der Waals surface area contributed by atoms with Gasteiger partial charge in [0, 0.05) is 0 Å². The summed E-state index contributed by atoms with van der Waals surface area (Å²) in [4.78, 5) is 0. The number of halogens is 1. The highest BCUT2D eigenvalue weighted by Crippen LogP contribution is 2.19. The highest BCUT2D eigenvalue weighted by Gasteiger charge is 1.97. The van der Waals surface area contributed by atoms with Crippen LogP contribution in [0.4, 0.5) is 4.39 Å². The van der Waals surface area contributed by atoms with Crippen molar-refractivity contribution in [2.45, 2.75) is 6.61 Å². The Morgan fingerprint density at radius 3 is 1.73 bits per heavy atom. The molecule has 2 aromatic rings. The minimum atomic E-state index is -0.231. The Balaban J connectivity index is 2.33. The molecule has 0 saturated heterocycles. The lowest BCUT2D eigenvalue weighted by atomic mass is 10.0. The molecular weight excluding hydrogens is 191 g/mol. The van der Waals surface area contributed by atoms with Crippen LogP contribution < -0.4 is 0 Å². The lowest BCUT2D eigenvalue weighted by molar-refractivity contribution is 0.282. The van der Waals surface area contributed by atoms with Crippen LogP contribution in [0.25, 0.3) is 11.1 Å². The lowest BCUT2D eigenvalue weighted by Gasteiger charge is -2.02. The Bertz CT molecular complexity index is 431. The summed E-state index contributed by atoms with van der Waals surface area (Å²) in [5, 5.41) is 8.89. The summed E-state index contributed by atoms with van der Waals surface area (Å²) < 4.78 is 12.7. The number of hydrogen-bond donors (Lipinski definition) is 1. The van der Waals surface area contributed by atoms with Crippen molar-refractivity contribution in [1.82, 2.24) is 0 Å². The second kappa shape index (κ2) is 4.24. The van der Waals surface area contributed by atoms with Gasteiger partial charge in [-0.2, -0.15) is 0 Å². The van der Waals surface area contributed by atoms with Crippen molar-refractivity contribution in [2.75, 3.05) is 0 Å². The summed E-state index contributed by atoms with van der Waals surface area (Å²) in [5.41, 5.74) is 2.87. The summed E-state index contributed by atoms with van der Waals surface area (Å²) in [5.74, 6) is -0.231. The first kappa shape index (κ1) is 9.87. The maximum Gasteiger partial charge on any atom is 0.123 e. The van der Waals surface area contributed by atoms with Crippen LogP contribution >= 0.6 is 0 Å². The van der Waals surface area contributed by atoms with E-state index in [1.165, 1.54) is 12.1 Å². The summed E-state index contributed by atoms with van der Waals surface area (Å²) in [7, 11) is 0. The average molecular weight is 202 g/mol. The van der Waals surface area contributed by atoms with Crippen molar-refractivity contribution in [3.63, 3.8) is 0 Å². The Labute approximate surface area is 87.8 Å². The molecule has 1 nitrogen and oxygen atoms in total. The molecule has 0 amide bonds. The molecule has 0 bridgehead atoms. The van der Waals surface area contributed by atoms with E-state index in [4.69, 9.17) is 5.11 Å². The first-order valence-electron chi connectivity index (χ1n) is 4.75. The van der Waals surface area contributed by atoms with E-state index in [9.17, 15) is 4.39 Å². The summed E-state index contributed by atoms with van der Waals surface area (Å²) in [6.45, 7) is 0.0453. The molecule has 15 heavy (non-hydrogen) atoms. The first-order chi connectivity index (χ1) is 7.29. The molecule has 0 aliphatic rings. The third-order valence-corrected chi connectivity index (χ3v) is 2.31. The van der Waals surface area contributed by atoms with E-state index in [1.54, 1.807) is 12.1 Å². The smallest absolute Gasteiger partial charge is 0.123 e. The summed E-state index contributed by atoms with van der Waals surface area (Å²) >= 11 is 0. The van der Waals surface area contributed by atoms with E-state index >= 15 is 0 Å². The van der Waals surface area contributed by atoms with Crippen LogP contribution in [0.15, 0.2) is 48.5 Å². The number of hydrogen-bond acceptors (Lipinski definition) is 1. The predicted molar refractivity (Wildman–Crippen MR) is 57.8 cm³/mol. The van der Waals surface area contributed by atoms with Crippen LogP contribution in [0.3, 0.4) is 0 Å². The number of benzene rings is 2. The molecule has 0 radical (unpaired) electrons. The van der Waals surface area contributed by atoms with Gasteiger partial charge in [0.1, 0.15) is 5.82 Å². The zero-order valence-corrected chi connectivity index (χ0v) is 8.15. The van der Waals surface area contributed by atoms with Crippen LogP contribution in [0, 0.1) is 5.82 Å². The number of rotatable bonds is 2. The van der Waals surface area contributed by atoms with Crippen LogP contribution in [-0.2, 0) is 6.61 Å². The Hall–Kier alpha value is -1.67. The maximum absolute atomic E-state index is 12.7. The van der Waals surface area contributed by atoms with Crippen LogP contribution in [0.2, 0.25) is 0 Å². The molecule has 0 fully saturated rings. The molecule has 0 aromatic heterocycles. The summed E-state index contributed by atoms with van der Waals surface area (Å²) in [6, 6.07) is 13.9. The van der Waals surface area contributed by atoms with Crippen molar-refractivity contribution in [3.8, 4) is 11.1 Å². The molecule has 0 aliphatic carbocycles. The van der Waals surface area contributed by atoms with Gasteiger partial charge in [-0.1, -0.05) is 36.4 Å². The Morgan fingerprint density at radius 1 is 0.800 bits per heavy atom. The van der Waals surface area contributed by atoms with E-state index in [0.29, 0.717) is 0 Å². The highest BCUT2D eigenvalue weighted by atomic mass is 19.1. The standard InChI is InChI=1S/C13H11FO/c14-13-7-5-12(6-8-13)11-3-1-10(9-15)2-4-11/h1-8,15H,9H2. The SMILES string of the molecule is OCc1ccc(-c2ccc(F)cc2)cc1. The predicted octanol–water partition coefficient (Wildman–Crippen LogP) is 2.99. The summed E-state index contributed by atoms with van der Waals surface area (Å²) in [6.07, 6.45) is 0. The lowest BCUT2D eigenvalue weighted by Crippen LogP contribution is -1.83. The fourth-order valence-corrected chi connectivity index (χ4v) is 1.44. The van der Waals surface area contributed by atoms with Gasteiger partial charge in [0.05, 0.1) is 6.61 Å². The largest absolute Gasteiger partial charge is 0.392 e. The molecule has 0 aliphatic heterocycles. The van der Waals surface area contributed by atoms with Crippen molar-refractivity contribution in [3.05, 3.63) is 59.9 Å². The monoisotopic (exact) mass is 202 g/mol. The van der Waals surface area contributed by atoms with Gasteiger partial charge >= 0.3 is 0 Å². The van der Waals surface area contributed by atoms with E-state index < -0.39 is 0 Å². The highest BCUT2D eigenvalue weighted by molar-refractivity contribution is 5.63. The van der Waals surface area contributed by atoms with E-state index in [-0.39, 0.29) is 12.4 Å². The van der Waals surface area contributed by atoms with Crippen molar-refractivity contribution >= 4 is 0 Å². The van der Waals surface area contributed by atoms with E-state index in [0.717, 1.165) is 16.7 Å². The molecule has 0 heterocycles. The molecule has 2 aromatic carbocycles. The maximum atomic E-state index is 12.7. The third-order valence-electron chi connectivity index (χ3n) is 2.31. The molecule has 76 valence electrons. The molecule has 1 N–H and O–H groups in total. The topological polar surface area (TPSA) is 20.2 Å². The average Bonchev–Trinajstić information content (AvgIpc) is 2.30. The van der Waals surface area contributed by atoms with Crippen LogP contribution in [0.5, 0.6) is 0 Å². The quantitative estimate of drug-likeness (QED) is 0.793. The van der Waals surface area contributed by atoms with Gasteiger partial charge in [-0.3, -0.25) is 0 Å². The van der Waals surface area contributed by atoms with Gasteiger partial charge in [-0.15, -0.1) is 0 Å². The van der Waals surface area contributed by atoms with Crippen molar-refractivity contribution in [2.24, 2.45) is 0 Å². The third kappa shape index (κ3) is 2.22. The molecular formula is C13H11FO.